The summed E-state index contributed by atoms with van der Waals surface area (Å²) in [7, 11) is 0. The van der Waals surface area contributed by atoms with Crippen LogP contribution in [-0.4, -0.2) is 9.55 Å². The predicted octanol–water partition coefficient (Wildman–Crippen LogP) is 6.07. The molecular formula is C18H26BrN3. The van der Waals surface area contributed by atoms with Crippen LogP contribution < -0.4 is 0 Å². The number of rotatable bonds is 2. The van der Waals surface area contributed by atoms with E-state index in [9.17, 15) is 0 Å². The first-order valence-corrected chi connectivity index (χ1v) is 8.57. The molecule has 1 aromatic heterocycles. The van der Waals surface area contributed by atoms with Gasteiger partial charge in [0.05, 0.1) is 0 Å². The van der Waals surface area contributed by atoms with Gasteiger partial charge in [-0.25, -0.2) is 4.98 Å². The van der Waals surface area contributed by atoms with Crippen LogP contribution in [0.2, 0.25) is 0 Å². The van der Waals surface area contributed by atoms with Crippen LogP contribution >= 0.6 is 15.9 Å². The first-order chi connectivity index (χ1) is 10.5. The van der Waals surface area contributed by atoms with Gasteiger partial charge in [0.25, 0.3) is 0 Å². The van der Waals surface area contributed by atoms with Gasteiger partial charge in [0.2, 0.25) is 0 Å². The summed E-state index contributed by atoms with van der Waals surface area (Å²) in [4.78, 5) is 4.04. The summed E-state index contributed by atoms with van der Waals surface area (Å²) in [5.41, 5.74) is 2.68. The Hall–Kier alpha value is -1.60. The zero-order valence-electron chi connectivity index (χ0n) is 14.4. The van der Waals surface area contributed by atoms with Crippen LogP contribution in [0.4, 0.5) is 0 Å². The largest absolute Gasteiger partial charge is 0.292 e. The molecular weight excluding hydrogens is 338 g/mol. The monoisotopic (exact) mass is 363 g/mol. The lowest BCUT2D eigenvalue weighted by molar-refractivity contribution is 0.862. The molecule has 120 valence electrons. The lowest BCUT2D eigenvalue weighted by atomic mass is 10.0. The summed E-state index contributed by atoms with van der Waals surface area (Å²) < 4.78 is 2.56. The molecule has 0 aliphatic carbocycles. The lowest BCUT2D eigenvalue weighted by Crippen LogP contribution is -1.95. The van der Waals surface area contributed by atoms with Crippen molar-refractivity contribution in [2.75, 3.05) is 0 Å². The topological polar surface area (TPSA) is 41.6 Å². The molecule has 1 aromatic carbocycles. The predicted molar refractivity (Wildman–Crippen MR) is 97.4 cm³/mol. The highest BCUT2D eigenvalue weighted by Crippen LogP contribution is 2.23. The van der Waals surface area contributed by atoms with Gasteiger partial charge in [0.15, 0.2) is 5.69 Å². The average molecular weight is 364 g/mol. The molecule has 0 atom stereocenters. The van der Waals surface area contributed by atoms with Crippen LogP contribution in [0.1, 0.15) is 65.1 Å². The Morgan fingerprint density at radius 3 is 2.32 bits per heavy atom. The van der Waals surface area contributed by atoms with Crippen molar-refractivity contribution in [3.8, 4) is 11.8 Å². The maximum Gasteiger partial charge on any atom is 0.173 e. The molecule has 1 heterocycles. The normalized spacial score (nSPS) is 9.23. The molecule has 0 aliphatic rings. The zero-order valence-corrected chi connectivity index (χ0v) is 16.0. The van der Waals surface area contributed by atoms with Crippen LogP contribution in [-0.2, 0) is 0 Å². The van der Waals surface area contributed by atoms with Crippen molar-refractivity contribution in [3.63, 3.8) is 0 Å². The minimum absolute atomic E-state index is 0.403. The molecule has 0 unspecified atom stereocenters. The van der Waals surface area contributed by atoms with Gasteiger partial charge >= 0.3 is 0 Å². The number of nitriles is 1. The number of hydrogen-bond donors (Lipinski definition) is 0. The number of benzene rings is 1. The molecule has 0 amide bonds. The maximum atomic E-state index is 8.87. The van der Waals surface area contributed by atoms with Crippen LogP contribution in [0, 0.1) is 11.3 Å². The third kappa shape index (κ3) is 5.65. The summed E-state index contributed by atoms with van der Waals surface area (Å²) in [5, 5.41) is 8.87. The minimum atomic E-state index is 0.403. The highest BCUT2D eigenvalue weighted by Gasteiger charge is 2.09. The highest BCUT2D eigenvalue weighted by molar-refractivity contribution is 9.10. The molecule has 0 aliphatic heterocycles. The quantitative estimate of drug-likeness (QED) is 0.649. The van der Waals surface area contributed by atoms with E-state index in [-0.39, 0.29) is 0 Å². The molecule has 4 heteroatoms. The van der Waals surface area contributed by atoms with Gasteiger partial charge in [-0.2, -0.15) is 5.26 Å². The number of aromatic nitrogens is 2. The summed E-state index contributed by atoms with van der Waals surface area (Å²) in [6.45, 7) is 12.6. The first kappa shape index (κ1) is 20.4. The minimum Gasteiger partial charge on any atom is -0.292 e. The molecule has 3 nitrogen and oxygen atoms in total. The average Bonchev–Trinajstić information content (AvgIpc) is 2.91. The summed E-state index contributed by atoms with van der Waals surface area (Å²) in [6.07, 6.45) is 2.90. The van der Waals surface area contributed by atoms with E-state index in [0.717, 1.165) is 5.69 Å². The second-order valence-electron chi connectivity index (χ2n) is 4.82. The third-order valence-corrected chi connectivity index (χ3v) is 3.39. The Labute approximate surface area is 143 Å². The van der Waals surface area contributed by atoms with Crippen LogP contribution in [0.15, 0.2) is 35.2 Å². The molecule has 0 radical (unpaired) electrons. The Kier molecular flexibility index (Phi) is 10.2. The van der Waals surface area contributed by atoms with Crippen molar-refractivity contribution in [2.45, 2.75) is 53.9 Å². The molecule has 0 fully saturated rings. The van der Waals surface area contributed by atoms with E-state index in [1.54, 1.807) is 6.33 Å². The SMILES string of the molecule is CC.CC(C)c1cccc(-n2cnc(C#N)c2Br)c1.CCC. The van der Waals surface area contributed by atoms with E-state index >= 15 is 0 Å². The van der Waals surface area contributed by atoms with Gasteiger partial charge in [-0.15, -0.1) is 0 Å². The highest BCUT2D eigenvalue weighted by atomic mass is 79.9. The van der Waals surface area contributed by atoms with E-state index in [1.165, 1.54) is 12.0 Å². The van der Waals surface area contributed by atoms with E-state index < -0.39 is 0 Å². The third-order valence-electron chi connectivity index (χ3n) is 2.63. The maximum absolute atomic E-state index is 8.87. The van der Waals surface area contributed by atoms with Crippen molar-refractivity contribution in [1.82, 2.24) is 9.55 Å². The molecule has 0 bridgehead atoms. The van der Waals surface area contributed by atoms with Crippen molar-refractivity contribution < 1.29 is 0 Å². The van der Waals surface area contributed by atoms with E-state index in [1.807, 2.05) is 36.6 Å². The lowest BCUT2D eigenvalue weighted by Gasteiger charge is -2.09. The molecule has 22 heavy (non-hydrogen) atoms. The van der Waals surface area contributed by atoms with Crippen LogP contribution in [0.5, 0.6) is 0 Å². The van der Waals surface area contributed by atoms with Crippen molar-refractivity contribution in [3.05, 3.63) is 46.5 Å². The summed E-state index contributed by atoms with van der Waals surface area (Å²) >= 11 is 3.39. The smallest absolute Gasteiger partial charge is 0.173 e. The Bertz CT molecular complexity index is 595. The van der Waals surface area contributed by atoms with Gasteiger partial charge in [0.1, 0.15) is 17.0 Å². The Morgan fingerprint density at radius 2 is 1.86 bits per heavy atom. The van der Waals surface area contributed by atoms with E-state index in [4.69, 9.17) is 5.26 Å². The number of hydrogen-bond acceptors (Lipinski definition) is 2. The molecule has 0 N–H and O–H groups in total. The standard InChI is InChI=1S/C13H12BrN3.C3H8.C2H6/c1-9(2)10-4-3-5-11(6-10)17-8-16-12(7-15)13(17)14;1-3-2;1-2/h3-6,8-9H,1-2H3;3H2,1-2H3;1-2H3. The van der Waals surface area contributed by atoms with Gasteiger partial charge in [-0.1, -0.05) is 60.1 Å². The van der Waals surface area contributed by atoms with Crippen molar-refractivity contribution >= 4 is 15.9 Å². The Balaban J connectivity index is 0.000000789. The van der Waals surface area contributed by atoms with Crippen molar-refractivity contribution in [2.24, 2.45) is 0 Å². The van der Waals surface area contributed by atoms with Crippen LogP contribution in [0.25, 0.3) is 5.69 Å². The number of nitrogens with zero attached hydrogens (tertiary/aromatic N) is 3. The summed E-state index contributed by atoms with van der Waals surface area (Å²) in [5.74, 6) is 0.479. The van der Waals surface area contributed by atoms with E-state index in [0.29, 0.717) is 16.2 Å². The van der Waals surface area contributed by atoms with Gasteiger partial charge < -0.3 is 0 Å². The second-order valence-corrected chi connectivity index (χ2v) is 5.57. The molecule has 0 saturated heterocycles. The fourth-order valence-corrected chi connectivity index (χ4v) is 2.11. The van der Waals surface area contributed by atoms with Gasteiger partial charge in [0, 0.05) is 5.69 Å². The van der Waals surface area contributed by atoms with Gasteiger partial charge in [-0.3, -0.25) is 4.57 Å². The van der Waals surface area contributed by atoms with Crippen molar-refractivity contribution in [1.29, 1.82) is 5.26 Å². The molecule has 2 rings (SSSR count). The molecule has 0 saturated carbocycles. The molecule has 2 aromatic rings. The second kappa shape index (κ2) is 11.0. The van der Waals surface area contributed by atoms with E-state index in [2.05, 4.69) is 60.7 Å². The fourth-order valence-electron chi connectivity index (χ4n) is 1.62. The number of imidazole rings is 1. The van der Waals surface area contributed by atoms with Gasteiger partial charge in [-0.05, 0) is 39.5 Å². The summed E-state index contributed by atoms with van der Waals surface area (Å²) in [6, 6.07) is 10.3. The zero-order chi connectivity index (χ0) is 17.1. The Morgan fingerprint density at radius 1 is 1.27 bits per heavy atom. The fraction of sp³-hybridized carbons (Fsp3) is 0.444. The number of halogens is 1. The molecule has 0 spiro atoms. The van der Waals surface area contributed by atoms with Crippen LogP contribution in [0.3, 0.4) is 0 Å². The first-order valence-electron chi connectivity index (χ1n) is 7.78.